The third-order valence-corrected chi connectivity index (χ3v) is 3.35. The van der Waals surface area contributed by atoms with Crippen LogP contribution in [0.1, 0.15) is 24.8 Å². The van der Waals surface area contributed by atoms with Crippen LogP contribution in [0, 0.1) is 11.3 Å². The zero-order valence-corrected chi connectivity index (χ0v) is 9.48. The number of hydrogen-bond acceptors (Lipinski definition) is 3. The lowest BCUT2D eigenvalue weighted by atomic mass is 9.92. The SMILES string of the molecule is N#Cc1cnc2ccccc2c1NC1CCC1. The summed E-state index contributed by atoms with van der Waals surface area (Å²) < 4.78 is 0. The van der Waals surface area contributed by atoms with Crippen LogP contribution in [0.25, 0.3) is 10.9 Å². The Morgan fingerprint density at radius 2 is 2.12 bits per heavy atom. The molecule has 1 fully saturated rings. The number of fused-ring (bicyclic) bond motifs is 1. The van der Waals surface area contributed by atoms with Crippen LogP contribution >= 0.6 is 0 Å². The van der Waals surface area contributed by atoms with Crippen molar-refractivity contribution in [3.63, 3.8) is 0 Å². The van der Waals surface area contributed by atoms with Crippen molar-refractivity contribution in [2.75, 3.05) is 5.32 Å². The summed E-state index contributed by atoms with van der Waals surface area (Å²) >= 11 is 0. The summed E-state index contributed by atoms with van der Waals surface area (Å²) in [5, 5.41) is 13.7. The van der Waals surface area contributed by atoms with Crippen molar-refractivity contribution in [3.8, 4) is 6.07 Å². The van der Waals surface area contributed by atoms with Crippen LogP contribution in [0.3, 0.4) is 0 Å². The highest BCUT2D eigenvalue weighted by molar-refractivity contribution is 5.93. The molecular weight excluding hydrogens is 210 g/mol. The summed E-state index contributed by atoms with van der Waals surface area (Å²) in [6.45, 7) is 0. The summed E-state index contributed by atoms with van der Waals surface area (Å²) in [4.78, 5) is 4.30. The maximum absolute atomic E-state index is 9.15. The molecule has 3 heteroatoms. The van der Waals surface area contributed by atoms with Crippen molar-refractivity contribution in [1.29, 1.82) is 5.26 Å². The fourth-order valence-electron chi connectivity index (χ4n) is 2.14. The average molecular weight is 223 g/mol. The van der Waals surface area contributed by atoms with Gasteiger partial charge in [0.25, 0.3) is 0 Å². The van der Waals surface area contributed by atoms with Gasteiger partial charge in [0.1, 0.15) is 6.07 Å². The summed E-state index contributed by atoms with van der Waals surface area (Å²) in [5.74, 6) is 0. The number of nitriles is 1. The molecule has 1 aliphatic rings. The van der Waals surface area contributed by atoms with Crippen molar-refractivity contribution in [2.45, 2.75) is 25.3 Å². The maximum Gasteiger partial charge on any atom is 0.103 e. The van der Waals surface area contributed by atoms with Gasteiger partial charge in [-0.1, -0.05) is 18.2 Å². The number of benzene rings is 1. The molecule has 1 heterocycles. The molecular formula is C14H13N3. The highest BCUT2D eigenvalue weighted by Gasteiger charge is 2.19. The van der Waals surface area contributed by atoms with Crippen molar-refractivity contribution >= 4 is 16.6 Å². The van der Waals surface area contributed by atoms with E-state index in [1.54, 1.807) is 6.20 Å². The van der Waals surface area contributed by atoms with Gasteiger partial charge in [-0.3, -0.25) is 4.98 Å². The molecule has 17 heavy (non-hydrogen) atoms. The molecule has 3 nitrogen and oxygen atoms in total. The molecule has 0 atom stereocenters. The van der Waals surface area contributed by atoms with Crippen LogP contribution in [0.4, 0.5) is 5.69 Å². The summed E-state index contributed by atoms with van der Waals surface area (Å²) in [7, 11) is 0. The van der Waals surface area contributed by atoms with Crippen LogP contribution in [0.15, 0.2) is 30.5 Å². The Morgan fingerprint density at radius 1 is 1.29 bits per heavy atom. The predicted octanol–water partition coefficient (Wildman–Crippen LogP) is 3.07. The van der Waals surface area contributed by atoms with Gasteiger partial charge in [-0.15, -0.1) is 0 Å². The molecule has 0 radical (unpaired) electrons. The van der Waals surface area contributed by atoms with Gasteiger partial charge in [0.15, 0.2) is 0 Å². The van der Waals surface area contributed by atoms with Crippen LogP contribution in [0.5, 0.6) is 0 Å². The smallest absolute Gasteiger partial charge is 0.103 e. The summed E-state index contributed by atoms with van der Waals surface area (Å²) in [5.41, 5.74) is 2.52. The second kappa shape index (κ2) is 4.06. The van der Waals surface area contributed by atoms with Gasteiger partial charge in [0, 0.05) is 17.6 Å². The Labute approximate surface area is 100 Å². The lowest BCUT2D eigenvalue weighted by molar-refractivity contribution is 0.446. The van der Waals surface area contributed by atoms with Gasteiger partial charge in [-0.25, -0.2) is 0 Å². The number of para-hydroxylation sites is 1. The van der Waals surface area contributed by atoms with Gasteiger partial charge in [0.2, 0.25) is 0 Å². The first-order chi connectivity index (χ1) is 8.38. The van der Waals surface area contributed by atoms with E-state index in [1.807, 2.05) is 24.3 Å². The van der Waals surface area contributed by atoms with E-state index in [1.165, 1.54) is 19.3 Å². The van der Waals surface area contributed by atoms with Crippen molar-refractivity contribution in [3.05, 3.63) is 36.0 Å². The fraction of sp³-hybridized carbons (Fsp3) is 0.286. The largest absolute Gasteiger partial charge is 0.381 e. The van der Waals surface area contributed by atoms with Crippen LogP contribution in [-0.2, 0) is 0 Å². The minimum atomic E-state index is 0.521. The molecule has 0 unspecified atom stereocenters. The van der Waals surface area contributed by atoms with E-state index >= 15 is 0 Å². The van der Waals surface area contributed by atoms with E-state index in [2.05, 4.69) is 16.4 Å². The third kappa shape index (κ3) is 1.72. The standard InChI is InChI=1S/C14H13N3/c15-8-10-9-16-13-7-2-1-6-12(13)14(10)17-11-4-3-5-11/h1-2,6-7,9,11H,3-5H2,(H,16,17). The molecule has 0 saturated heterocycles. The van der Waals surface area contributed by atoms with E-state index in [4.69, 9.17) is 5.26 Å². The van der Waals surface area contributed by atoms with Gasteiger partial charge >= 0.3 is 0 Å². The number of pyridine rings is 1. The summed E-state index contributed by atoms with van der Waals surface area (Å²) in [6.07, 6.45) is 5.33. The van der Waals surface area contributed by atoms with Gasteiger partial charge in [-0.2, -0.15) is 5.26 Å². The van der Waals surface area contributed by atoms with Crippen LogP contribution in [-0.4, -0.2) is 11.0 Å². The van der Waals surface area contributed by atoms with Crippen molar-refractivity contribution in [2.24, 2.45) is 0 Å². The zero-order chi connectivity index (χ0) is 11.7. The highest BCUT2D eigenvalue weighted by Crippen LogP contribution is 2.30. The van der Waals surface area contributed by atoms with E-state index in [0.717, 1.165) is 16.6 Å². The Kier molecular flexibility index (Phi) is 2.41. The quantitative estimate of drug-likeness (QED) is 0.851. The second-order valence-electron chi connectivity index (χ2n) is 4.45. The highest BCUT2D eigenvalue weighted by atomic mass is 14.9. The lowest BCUT2D eigenvalue weighted by Gasteiger charge is -2.28. The minimum absolute atomic E-state index is 0.521. The minimum Gasteiger partial charge on any atom is -0.381 e. The Morgan fingerprint density at radius 3 is 2.82 bits per heavy atom. The molecule has 1 aromatic heterocycles. The van der Waals surface area contributed by atoms with Gasteiger partial charge in [-0.05, 0) is 25.3 Å². The first-order valence-corrected chi connectivity index (χ1v) is 5.93. The van der Waals surface area contributed by atoms with E-state index in [0.29, 0.717) is 11.6 Å². The molecule has 2 aromatic rings. The molecule has 84 valence electrons. The first kappa shape index (κ1) is 10.1. The lowest BCUT2D eigenvalue weighted by Crippen LogP contribution is -2.27. The zero-order valence-electron chi connectivity index (χ0n) is 9.48. The average Bonchev–Trinajstić information content (AvgIpc) is 2.33. The fourth-order valence-corrected chi connectivity index (χ4v) is 2.14. The third-order valence-electron chi connectivity index (χ3n) is 3.35. The number of nitrogens with zero attached hydrogens (tertiary/aromatic N) is 2. The molecule has 1 saturated carbocycles. The Hall–Kier alpha value is -2.08. The molecule has 0 aliphatic heterocycles. The van der Waals surface area contributed by atoms with Crippen LogP contribution in [0.2, 0.25) is 0 Å². The monoisotopic (exact) mass is 223 g/mol. The molecule has 0 bridgehead atoms. The van der Waals surface area contributed by atoms with Gasteiger partial charge in [0.05, 0.1) is 16.8 Å². The number of nitrogens with one attached hydrogen (secondary N) is 1. The van der Waals surface area contributed by atoms with E-state index < -0.39 is 0 Å². The molecule has 1 aromatic carbocycles. The number of rotatable bonds is 2. The summed E-state index contributed by atoms with van der Waals surface area (Å²) in [6, 6.07) is 10.7. The normalized spacial score (nSPS) is 15.2. The van der Waals surface area contributed by atoms with Crippen molar-refractivity contribution < 1.29 is 0 Å². The molecule has 0 amide bonds. The molecule has 1 N–H and O–H groups in total. The first-order valence-electron chi connectivity index (χ1n) is 5.93. The number of hydrogen-bond donors (Lipinski definition) is 1. The van der Waals surface area contributed by atoms with E-state index in [-0.39, 0.29) is 0 Å². The Balaban J connectivity index is 2.13. The molecule has 1 aliphatic carbocycles. The molecule has 3 rings (SSSR count). The topological polar surface area (TPSA) is 48.7 Å². The number of anilines is 1. The second-order valence-corrected chi connectivity index (χ2v) is 4.45. The Bertz CT molecular complexity index is 594. The maximum atomic E-state index is 9.15. The number of aromatic nitrogens is 1. The van der Waals surface area contributed by atoms with Crippen molar-refractivity contribution in [1.82, 2.24) is 4.98 Å². The van der Waals surface area contributed by atoms with Gasteiger partial charge < -0.3 is 5.32 Å². The predicted molar refractivity (Wildman–Crippen MR) is 67.7 cm³/mol. The molecule has 0 spiro atoms. The van der Waals surface area contributed by atoms with E-state index in [9.17, 15) is 0 Å². The van der Waals surface area contributed by atoms with Crippen LogP contribution < -0.4 is 5.32 Å².